The molecule has 0 spiro atoms. The van der Waals surface area contributed by atoms with Crippen LogP contribution in [0.25, 0.3) is 0 Å². The number of hydrogen-bond donors (Lipinski definition) is 2. The van der Waals surface area contributed by atoms with Crippen LogP contribution >= 0.6 is 23.4 Å². The third kappa shape index (κ3) is 2.83. The summed E-state index contributed by atoms with van der Waals surface area (Å²) in [5.41, 5.74) is 5.99. The van der Waals surface area contributed by atoms with E-state index in [0.29, 0.717) is 10.6 Å². The Morgan fingerprint density at radius 2 is 1.94 bits per heavy atom. The largest absolute Gasteiger partial charge is 0.384 e. The number of rotatable bonds is 3. The first-order valence-electron chi connectivity index (χ1n) is 5.14. The molecule has 2 rings (SSSR count). The Bertz CT molecular complexity index is 601. The third-order valence-corrected chi connectivity index (χ3v) is 3.63. The summed E-state index contributed by atoms with van der Waals surface area (Å²) in [5, 5.41) is 7.95. The second kappa shape index (κ2) is 5.42. The van der Waals surface area contributed by atoms with Crippen LogP contribution in [-0.4, -0.2) is 5.84 Å². The second-order valence-corrected chi connectivity index (χ2v) is 5.11. The van der Waals surface area contributed by atoms with Crippen LogP contribution in [0.2, 0.25) is 5.02 Å². The summed E-state index contributed by atoms with van der Waals surface area (Å²) in [5.74, 6) is -0.397. The van der Waals surface area contributed by atoms with Crippen molar-refractivity contribution in [1.29, 1.82) is 5.41 Å². The summed E-state index contributed by atoms with van der Waals surface area (Å²) in [6.07, 6.45) is 0. The van der Waals surface area contributed by atoms with Crippen molar-refractivity contribution >= 4 is 29.2 Å². The standard InChI is InChI=1S/C13H10ClFN2S/c14-10-5-2-6-11(12(10)13(16)17)18-9-4-1-3-8(15)7-9/h1-7H,(H3,16,17). The Labute approximate surface area is 113 Å². The molecular formula is C13H10ClFN2S. The fourth-order valence-electron chi connectivity index (χ4n) is 1.51. The third-order valence-electron chi connectivity index (χ3n) is 2.27. The molecule has 5 heteroatoms. The van der Waals surface area contributed by atoms with Crippen molar-refractivity contribution in [3.8, 4) is 0 Å². The summed E-state index contributed by atoms with van der Waals surface area (Å²) in [6, 6.07) is 11.5. The van der Waals surface area contributed by atoms with Crippen LogP contribution in [0.4, 0.5) is 4.39 Å². The fourth-order valence-corrected chi connectivity index (χ4v) is 2.88. The van der Waals surface area contributed by atoms with E-state index in [2.05, 4.69) is 0 Å². The van der Waals surface area contributed by atoms with Gasteiger partial charge >= 0.3 is 0 Å². The fraction of sp³-hybridized carbons (Fsp3) is 0. The summed E-state index contributed by atoms with van der Waals surface area (Å²) >= 11 is 7.34. The molecule has 0 saturated heterocycles. The molecule has 0 atom stereocenters. The molecule has 0 radical (unpaired) electrons. The molecule has 0 aromatic heterocycles. The molecule has 0 unspecified atom stereocenters. The van der Waals surface area contributed by atoms with Crippen molar-refractivity contribution in [3.63, 3.8) is 0 Å². The second-order valence-electron chi connectivity index (χ2n) is 3.59. The number of hydrogen-bond acceptors (Lipinski definition) is 2. The van der Waals surface area contributed by atoms with Crippen LogP contribution in [0.3, 0.4) is 0 Å². The zero-order chi connectivity index (χ0) is 13.1. The Kier molecular flexibility index (Phi) is 3.89. The highest BCUT2D eigenvalue weighted by molar-refractivity contribution is 7.99. The van der Waals surface area contributed by atoms with Crippen molar-refractivity contribution < 1.29 is 4.39 Å². The van der Waals surface area contributed by atoms with Gasteiger partial charge in [-0.05, 0) is 30.3 Å². The van der Waals surface area contributed by atoms with Crippen molar-refractivity contribution in [3.05, 3.63) is 58.9 Å². The molecule has 2 aromatic rings. The van der Waals surface area contributed by atoms with Gasteiger partial charge in [-0.15, -0.1) is 0 Å². The highest BCUT2D eigenvalue weighted by Crippen LogP contribution is 2.33. The summed E-state index contributed by atoms with van der Waals surface area (Å²) in [4.78, 5) is 1.47. The van der Waals surface area contributed by atoms with Crippen molar-refractivity contribution in [2.75, 3.05) is 0 Å². The molecule has 0 aliphatic carbocycles. The van der Waals surface area contributed by atoms with E-state index in [1.54, 1.807) is 30.3 Å². The maximum atomic E-state index is 13.1. The Morgan fingerprint density at radius 3 is 2.61 bits per heavy atom. The lowest BCUT2D eigenvalue weighted by atomic mass is 10.2. The number of nitrogen functional groups attached to an aromatic ring is 1. The van der Waals surface area contributed by atoms with Gasteiger partial charge in [0.2, 0.25) is 0 Å². The Morgan fingerprint density at radius 1 is 1.22 bits per heavy atom. The summed E-state index contributed by atoms with van der Waals surface area (Å²) < 4.78 is 13.1. The zero-order valence-corrected chi connectivity index (χ0v) is 10.9. The maximum absolute atomic E-state index is 13.1. The van der Waals surface area contributed by atoms with E-state index < -0.39 is 0 Å². The molecule has 0 saturated carbocycles. The van der Waals surface area contributed by atoms with Gasteiger partial charge in [0.15, 0.2) is 0 Å². The zero-order valence-electron chi connectivity index (χ0n) is 9.28. The predicted molar refractivity (Wildman–Crippen MR) is 73.0 cm³/mol. The van der Waals surface area contributed by atoms with Crippen molar-refractivity contribution in [2.24, 2.45) is 5.73 Å². The predicted octanol–water partition coefficient (Wildman–Crippen LogP) is 3.91. The topological polar surface area (TPSA) is 49.9 Å². The molecule has 18 heavy (non-hydrogen) atoms. The molecule has 0 aliphatic heterocycles. The lowest BCUT2D eigenvalue weighted by Gasteiger charge is -2.09. The van der Waals surface area contributed by atoms with Gasteiger partial charge in [-0.1, -0.05) is 35.5 Å². The van der Waals surface area contributed by atoms with E-state index in [-0.39, 0.29) is 11.7 Å². The first-order chi connectivity index (χ1) is 8.58. The Balaban J connectivity index is 2.40. The number of nitrogens with two attached hydrogens (primary N) is 1. The van der Waals surface area contributed by atoms with Crippen LogP contribution in [0.5, 0.6) is 0 Å². The van der Waals surface area contributed by atoms with E-state index in [0.717, 1.165) is 9.79 Å². The van der Waals surface area contributed by atoms with Crippen molar-refractivity contribution in [2.45, 2.75) is 9.79 Å². The molecule has 0 heterocycles. The molecule has 3 N–H and O–H groups in total. The van der Waals surface area contributed by atoms with E-state index in [4.69, 9.17) is 22.7 Å². The number of amidine groups is 1. The van der Waals surface area contributed by atoms with Gasteiger partial charge < -0.3 is 5.73 Å². The van der Waals surface area contributed by atoms with Gasteiger partial charge in [0.25, 0.3) is 0 Å². The van der Waals surface area contributed by atoms with E-state index in [1.165, 1.54) is 23.9 Å². The molecule has 0 amide bonds. The number of nitrogens with one attached hydrogen (secondary N) is 1. The van der Waals surface area contributed by atoms with Crippen LogP contribution in [0.15, 0.2) is 52.3 Å². The SMILES string of the molecule is N=C(N)c1c(Cl)cccc1Sc1cccc(F)c1. The smallest absolute Gasteiger partial charge is 0.125 e. The van der Waals surface area contributed by atoms with E-state index >= 15 is 0 Å². The molecule has 2 nitrogen and oxygen atoms in total. The average Bonchev–Trinajstić information content (AvgIpc) is 2.28. The van der Waals surface area contributed by atoms with Gasteiger partial charge in [-0.2, -0.15) is 0 Å². The van der Waals surface area contributed by atoms with Gasteiger partial charge in [0, 0.05) is 15.4 Å². The minimum atomic E-state index is -0.300. The first-order valence-corrected chi connectivity index (χ1v) is 6.33. The highest BCUT2D eigenvalue weighted by Gasteiger charge is 2.11. The lowest BCUT2D eigenvalue weighted by molar-refractivity contribution is 0.624. The van der Waals surface area contributed by atoms with Gasteiger partial charge in [0.1, 0.15) is 11.7 Å². The minimum Gasteiger partial charge on any atom is -0.384 e. The van der Waals surface area contributed by atoms with Crippen LogP contribution in [-0.2, 0) is 0 Å². The highest BCUT2D eigenvalue weighted by atomic mass is 35.5. The summed E-state index contributed by atoms with van der Waals surface area (Å²) in [6.45, 7) is 0. The maximum Gasteiger partial charge on any atom is 0.125 e. The average molecular weight is 281 g/mol. The molecular weight excluding hydrogens is 271 g/mol. The lowest BCUT2D eigenvalue weighted by Crippen LogP contribution is -2.12. The number of halogens is 2. The van der Waals surface area contributed by atoms with Gasteiger partial charge in [-0.3, -0.25) is 5.41 Å². The van der Waals surface area contributed by atoms with Gasteiger partial charge in [-0.25, -0.2) is 4.39 Å². The van der Waals surface area contributed by atoms with E-state index in [1.807, 2.05) is 0 Å². The van der Waals surface area contributed by atoms with Crippen LogP contribution in [0, 0.1) is 11.2 Å². The normalized spacial score (nSPS) is 10.3. The molecule has 0 aliphatic rings. The molecule has 92 valence electrons. The van der Waals surface area contributed by atoms with Crippen molar-refractivity contribution in [1.82, 2.24) is 0 Å². The molecule has 2 aromatic carbocycles. The van der Waals surface area contributed by atoms with Gasteiger partial charge in [0.05, 0.1) is 5.02 Å². The minimum absolute atomic E-state index is 0.0977. The van der Waals surface area contributed by atoms with E-state index in [9.17, 15) is 4.39 Å². The Hall–Kier alpha value is -1.52. The first kappa shape index (κ1) is 12.9. The number of benzene rings is 2. The molecule has 0 bridgehead atoms. The van der Waals surface area contributed by atoms with Crippen LogP contribution < -0.4 is 5.73 Å². The summed E-state index contributed by atoms with van der Waals surface area (Å²) in [7, 11) is 0. The quantitative estimate of drug-likeness (QED) is 0.661. The van der Waals surface area contributed by atoms with Crippen LogP contribution in [0.1, 0.15) is 5.56 Å². The monoisotopic (exact) mass is 280 g/mol. The molecule has 0 fully saturated rings.